The molecule has 0 aliphatic rings. The lowest BCUT2D eigenvalue weighted by Crippen LogP contribution is -2.13. The molecule has 1 rings (SSSR count). The van der Waals surface area contributed by atoms with Crippen LogP contribution in [0.4, 0.5) is 0 Å². The van der Waals surface area contributed by atoms with Crippen LogP contribution in [0.5, 0.6) is 5.75 Å². The molecule has 0 N–H and O–H groups in total. The Morgan fingerprint density at radius 2 is 1.76 bits per heavy atom. The van der Waals surface area contributed by atoms with Crippen LogP contribution in [0.25, 0.3) is 0 Å². The van der Waals surface area contributed by atoms with Crippen LogP contribution in [0.3, 0.4) is 0 Å². The highest BCUT2D eigenvalue weighted by molar-refractivity contribution is 5.86. The van der Waals surface area contributed by atoms with Gasteiger partial charge in [0, 0.05) is 5.57 Å². The third kappa shape index (κ3) is 7.51. The summed E-state index contributed by atoms with van der Waals surface area (Å²) in [6.45, 7) is 8.80. The monoisotopic (exact) mass is 292 g/mol. The van der Waals surface area contributed by atoms with Crippen molar-refractivity contribution in [3.05, 3.63) is 42.0 Å². The van der Waals surface area contributed by atoms with E-state index in [1.54, 1.807) is 6.92 Å². The molecule has 4 nitrogen and oxygen atoms in total. The molecule has 0 saturated carbocycles. The molecule has 0 atom stereocenters. The minimum atomic E-state index is -0.387. The Morgan fingerprint density at radius 1 is 1.10 bits per heavy atom. The van der Waals surface area contributed by atoms with Crippen molar-refractivity contribution in [3.63, 3.8) is 0 Å². The summed E-state index contributed by atoms with van der Waals surface area (Å²) in [5.41, 5.74) is 1.71. The van der Waals surface area contributed by atoms with E-state index in [9.17, 15) is 4.79 Å². The Balaban J connectivity index is 2.06. The first-order valence-corrected chi connectivity index (χ1v) is 7.25. The summed E-state index contributed by atoms with van der Waals surface area (Å²) >= 11 is 0. The lowest BCUT2D eigenvalue weighted by molar-refractivity contribution is -0.140. The van der Waals surface area contributed by atoms with E-state index in [1.165, 1.54) is 5.56 Å². The van der Waals surface area contributed by atoms with Gasteiger partial charge in [0.15, 0.2) is 0 Å². The molecule has 116 valence electrons. The maximum absolute atomic E-state index is 11.1. The van der Waals surface area contributed by atoms with Crippen molar-refractivity contribution in [1.82, 2.24) is 0 Å². The van der Waals surface area contributed by atoms with E-state index in [0.29, 0.717) is 25.4 Å². The quantitative estimate of drug-likeness (QED) is 0.377. The van der Waals surface area contributed by atoms with Gasteiger partial charge in [0.1, 0.15) is 19.0 Å². The second kappa shape index (κ2) is 10.00. The predicted molar refractivity (Wildman–Crippen MR) is 82.5 cm³/mol. The molecule has 0 saturated heterocycles. The van der Waals surface area contributed by atoms with E-state index in [0.717, 1.165) is 18.6 Å². The summed E-state index contributed by atoms with van der Waals surface area (Å²) in [6, 6.07) is 8.10. The first-order valence-electron chi connectivity index (χ1n) is 7.25. The zero-order chi connectivity index (χ0) is 15.5. The average Bonchev–Trinajstić information content (AvgIpc) is 2.48. The fraction of sp³-hybridized carbons (Fsp3) is 0.471. The molecule has 0 amide bonds. The number of rotatable bonds is 10. The highest BCUT2D eigenvalue weighted by Crippen LogP contribution is 2.13. The first kappa shape index (κ1) is 17.2. The zero-order valence-corrected chi connectivity index (χ0v) is 12.9. The van der Waals surface area contributed by atoms with Crippen LogP contribution in [-0.2, 0) is 20.7 Å². The van der Waals surface area contributed by atoms with Crippen molar-refractivity contribution in [2.45, 2.75) is 26.7 Å². The lowest BCUT2D eigenvalue weighted by atomic mass is 10.1. The largest absolute Gasteiger partial charge is 0.491 e. The van der Waals surface area contributed by atoms with E-state index in [1.807, 2.05) is 12.1 Å². The summed E-state index contributed by atoms with van der Waals surface area (Å²) < 4.78 is 15.8. The number of esters is 1. The van der Waals surface area contributed by atoms with Gasteiger partial charge in [-0.1, -0.05) is 32.1 Å². The third-order valence-corrected chi connectivity index (χ3v) is 2.77. The highest BCUT2D eigenvalue weighted by atomic mass is 16.6. The van der Waals surface area contributed by atoms with Crippen LogP contribution in [0.1, 0.15) is 25.8 Å². The molecule has 0 aliphatic heterocycles. The van der Waals surface area contributed by atoms with Crippen molar-refractivity contribution in [2.75, 3.05) is 26.4 Å². The molecule has 4 heteroatoms. The molecule has 21 heavy (non-hydrogen) atoms. The van der Waals surface area contributed by atoms with Gasteiger partial charge in [-0.3, -0.25) is 0 Å². The predicted octanol–water partition coefficient (Wildman–Crippen LogP) is 3.15. The fourth-order valence-electron chi connectivity index (χ4n) is 1.68. The van der Waals surface area contributed by atoms with Crippen molar-refractivity contribution >= 4 is 5.97 Å². The Bertz CT molecular complexity index is 437. The molecule has 0 fully saturated rings. The van der Waals surface area contributed by atoms with Gasteiger partial charge in [0.2, 0.25) is 0 Å². The normalized spacial score (nSPS) is 10.2. The van der Waals surface area contributed by atoms with E-state index < -0.39 is 0 Å². The van der Waals surface area contributed by atoms with E-state index in [-0.39, 0.29) is 12.6 Å². The van der Waals surface area contributed by atoms with E-state index in [4.69, 9.17) is 14.2 Å². The summed E-state index contributed by atoms with van der Waals surface area (Å²) in [7, 11) is 0. The van der Waals surface area contributed by atoms with Gasteiger partial charge >= 0.3 is 5.97 Å². The van der Waals surface area contributed by atoms with Gasteiger partial charge in [0.25, 0.3) is 0 Å². The molecule has 1 aromatic carbocycles. The fourth-order valence-corrected chi connectivity index (χ4v) is 1.68. The van der Waals surface area contributed by atoms with Crippen molar-refractivity contribution in [3.8, 4) is 5.75 Å². The maximum atomic E-state index is 11.1. The smallest absolute Gasteiger partial charge is 0.333 e. The van der Waals surface area contributed by atoms with E-state index >= 15 is 0 Å². The second-order valence-corrected chi connectivity index (χ2v) is 4.77. The molecule has 0 bridgehead atoms. The van der Waals surface area contributed by atoms with Gasteiger partial charge in [-0.2, -0.15) is 0 Å². The SMILES string of the molecule is C=C(C)C(=O)OCCOCCOc1ccc(CCC)cc1. The maximum Gasteiger partial charge on any atom is 0.333 e. The first-order chi connectivity index (χ1) is 10.1. The lowest BCUT2D eigenvalue weighted by Gasteiger charge is -2.08. The number of benzene rings is 1. The van der Waals surface area contributed by atoms with Gasteiger partial charge in [-0.25, -0.2) is 4.79 Å². The summed E-state index contributed by atoms with van der Waals surface area (Å²) in [4.78, 5) is 11.1. The number of carbonyl (C=O) groups is 1. The molecular formula is C17H24O4. The minimum Gasteiger partial charge on any atom is -0.491 e. The molecule has 0 unspecified atom stereocenters. The topological polar surface area (TPSA) is 44.8 Å². The number of carbonyl (C=O) groups excluding carboxylic acids is 1. The Labute approximate surface area is 126 Å². The number of hydrogen-bond donors (Lipinski definition) is 0. The van der Waals surface area contributed by atoms with Crippen LogP contribution in [0, 0.1) is 0 Å². The molecule has 0 heterocycles. The highest BCUT2D eigenvalue weighted by Gasteiger charge is 2.02. The standard InChI is InChI=1S/C17H24O4/c1-4-5-15-6-8-16(9-7-15)20-12-10-19-11-13-21-17(18)14(2)3/h6-9H,2,4-5,10-13H2,1,3H3. The van der Waals surface area contributed by atoms with Crippen molar-refractivity contribution in [1.29, 1.82) is 0 Å². The van der Waals surface area contributed by atoms with Gasteiger partial charge < -0.3 is 14.2 Å². The van der Waals surface area contributed by atoms with Crippen molar-refractivity contribution < 1.29 is 19.0 Å². The van der Waals surface area contributed by atoms with E-state index in [2.05, 4.69) is 25.6 Å². The third-order valence-electron chi connectivity index (χ3n) is 2.77. The van der Waals surface area contributed by atoms with Gasteiger partial charge in [-0.05, 0) is 31.0 Å². The van der Waals surface area contributed by atoms with Crippen LogP contribution in [0.15, 0.2) is 36.4 Å². The van der Waals surface area contributed by atoms with Crippen LogP contribution >= 0.6 is 0 Å². The number of hydrogen-bond acceptors (Lipinski definition) is 4. The van der Waals surface area contributed by atoms with Crippen LogP contribution in [0.2, 0.25) is 0 Å². The minimum absolute atomic E-state index is 0.234. The van der Waals surface area contributed by atoms with Gasteiger partial charge in [0.05, 0.1) is 13.2 Å². The zero-order valence-electron chi connectivity index (χ0n) is 12.9. The molecule has 0 aromatic heterocycles. The summed E-state index contributed by atoms with van der Waals surface area (Å²) in [5.74, 6) is 0.453. The Hall–Kier alpha value is -1.81. The van der Waals surface area contributed by atoms with Gasteiger partial charge in [-0.15, -0.1) is 0 Å². The number of ether oxygens (including phenoxy) is 3. The molecule has 0 spiro atoms. The summed E-state index contributed by atoms with van der Waals surface area (Å²) in [6.07, 6.45) is 2.23. The molecular weight excluding hydrogens is 268 g/mol. The van der Waals surface area contributed by atoms with Crippen LogP contribution < -0.4 is 4.74 Å². The Kier molecular flexibility index (Phi) is 8.21. The van der Waals surface area contributed by atoms with Crippen molar-refractivity contribution in [2.24, 2.45) is 0 Å². The second-order valence-electron chi connectivity index (χ2n) is 4.77. The van der Waals surface area contributed by atoms with Crippen LogP contribution in [-0.4, -0.2) is 32.4 Å². The number of aryl methyl sites for hydroxylation is 1. The molecule has 1 aromatic rings. The Morgan fingerprint density at radius 3 is 2.38 bits per heavy atom. The average molecular weight is 292 g/mol. The molecule has 0 radical (unpaired) electrons. The molecule has 0 aliphatic carbocycles. The summed E-state index contributed by atoms with van der Waals surface area (Å²) in [5, 5.41) is 0.